The molecule has 1 aliphatic carbocycles. The number of esters is 1. The maximum absolute atomic E-state index is 12.3. The fourth-order valence-corrected chi connectivity index (χ4v) is 3.00. The molecule has 0 amide bonds. The lowest BCUT2D eigenvalue weighted by Gasteiger charge is -2.18. The number of nitrogens with zero attached hydrogens (tertiary/aromatic N) is 2. The lowest BCUT2D eigenvalue weighted by Crippen LogP contribution is -2.29. The molecule has 2 atom stereocenters. The highest BCUT2D eigenvalue weighted by atomic mass is 16.6. The molecule has 6 heteroatoms. The molecular weight excluding hydrogens is 296 g/mol. The van der Waals surface area contributed by atoms with E-state index in [0.717, 1.165) is 19.3 Å². The molecule has 1 heterocycles. The zero-order valence-corrected chi connectivity index (χ0v) is 13.1. The predicted molar refractivity (Wildman–Crippen MR) is 85.1 cm³/mol. The van der Waals surface area contributed by atoms with Gasteiger partial charge >= 0.3 is 5.97 Å². The molecule has 1 saturated carbocycles. The normalized spacial score (nSPS) is 20.7. The number of carbonyl (C=O) groups excluding carboxylic acids is 1. The average Bonchev–Trinajstić information content (AvgIpc) is 3.01. The highest BCUT2D eigenvalue weighted by Crippen LogP contribution is 2.24. The van der Waals surface area contributed by atoms with Crippen molar-refractivity contribution < 1.29 is 14.3 Å². The van der Waals surface area contributed by atoms with Crippen LogP contribution in [0.4, 0.5) is 0 Å². The van der Waals surface area contributed by atoms with Crippen molar-refractivity contribution in [3.8, 4) is 0 Å². The summed E-state index contributed by atoms with van der Waals surface area (Å²) < 4.78 is 12.2. The summed E-state index contributed by atoms with van der Waals surface area (Å²) in [5, 5.41) is 0.554. The lowest BCUT2D eigenvalue weighted by atomic mass is 10.2. The Morgan fingerprint density at radius 1 is 1.30 bits per heavy atom. The Labute approximate surface area is 134 Å². The topological polar surface area (TPSA) is 70.4 Å². The summed E-state index contributed by atoms with van der Waals surface area (Å²) >= 11 is 0. The summed E-state index contributed by atoms with van der Waals surface area (Å²) in [6.45, 7) is 0.264. The van der Waals surface area contributed by atoms with E-state index in [1.807, 2.05) is 6.07 Å². The van der Waals surface area contributed by atoms with Gasteiger partial charge in [0, 0.05) is 13.7 Å². The van der Waals surface area contributed by atoms with Crippen molar-refractivity contribution in [3.63, 3.8) is 0 Å². The van der Waals surface area contributed by atoms with Crippen molar-refractivity contribution in [1.29, 1.82) is 0 Å². The van der Waals surface area contributed by atoms with E-state index in [4.69, 9.17) is 9.47 Å². The molecule has 122 valence electrons. The Morgan fingerprint density at radius 3 is 2.91 bits per heavy atom. The maximum atomic E-state index is 12.3. The smallest absolute Gasteiger partial charge is 0.307 e. The molecule has 1 aromatic heterocycles. The van der Waals surface area contributed by atoms with Gasteiger partial charge in [0.25, 0.3) is 5.56 Å². The molecule has 0 saturated heterocycles. The van der Waals surface area contributed by atoms with E-state index >= 15 is 0 Å². The van der Waals surface area contributed by atoms with E-state index in [1.54, 1.807) is 25.3 Å². The minimum absolute atomic E-state index is 0.0102. The van der Waals surface area contributed by atoms with Crippen molar-refractivity contribution in [2.24, 2.45) is 0 Å². The number of aryl methyl sites for hydroxylation is 1. The SMILES string of the molecule is COC1CCCC1OC(=O)CCn1cnc2ccccc2c1=O. The molecule has 0 aliphatic heterocycles. The number of carbonyl (C=O) groups is 1. The van der Waals surface area contributed by atoms with Gasteiger partial charge in [-0.25, -0.2) is 4.98 Å². The Bertz CT molecular complexity index is 756. The molecular formula is C17H20N2O4. The summed E-state index contributed by atoms with van der Waals surface area (Å²) in [5.74, 6) is -0.306. The molecule has 1 fully saturated rings. The number of para-hydroxylation sites is 1. The van der Waals surface area contributed by atoms with Crippen LogP contribution in [0.1, 0.15) is 25.7 Å². The van der Waals surface area contributed by atoms with Crippen LogP contribution in [-0.4, -0.2) is 34.8 Å². The largest absolute Gasteiger partial charge is 0.460 e. The fourth-order valence-electron chi connectivity index (χ4n) is 3.00. The first-order valence-corrected chi connectivity index (χ1v) is 7.85. The predicted octanol–water partition coefficient (Wildman–Crippen LogP) is 1.90. The van der Waals surface area contributed by atoms with Crippen LogP contribution in [0.25, 0.3) is 10.9 Å². The molecule has 1 aromatic carbocycles. The Kier molecular flexibility index (Phi) is 4.71. The van der Waals surface area contributed by atoms with Gasteiger partial charge in [0.1, 0.15) is 6.10 Å². The van der Waals surface area contributed by atoms with Gasteiger partial charge in [-0.2, -0.15) is 0 Å². The van der Waals surface area contributed by atoms with Crippen molar-refractivity contribution in [2.45, 2.75) is 44.4 Å². The van der Waals surface area contributed by atoms with Crippen molar-refractivity contribution in [1.82, 2.24) is 9.55 Å². The first-order valence-electron chi connectivity index (χ1n) is 7.85. The lowest BCUT2D eigenvalue weighted by molar-refractivity contribution is -0.154. The van der Waals surface area contributed by atoms with E-state index < -0.39 is 0 Å². The Balaban J connectivity index is 1.63. The quantitative estimate of drug-likeness (QED) is 0.788. The van der Waals surface area contributed by atoms with Crippen LogP contribution >= 0.6 is 0 Å². The van der Waals surface area contributed by atoms with Crippen LogP contribution in [0, 0.1) is 0 Å². The van der Waals surface area contributed by atoms with E-state index in [0.29, 0.717) is 10.9 Å². The van der Waals surface area contributed by atoms with Gasteiger partial charge in [0.2, 0.25) is 0 Å². The third-order valence-electron chi connectivity index (χ3n) is 4.27. The number of methoxy groups -OCH3 is 1. The first-order chi connectivity index (χ1) is 11.2. The third-order valence-corrected chi connectivity index (χ3v) is 4.27. The Morgan fingerprint density at radius 2 is 2.09 bits per heavy atom. The zero-order chi connectivity index (χ0) is 16.2. The second kappa shape index (κ2) is 6.91. The second-order valence-corrected chi connectivity index (χ2v) is 5.74. The van der Waals surface area contributed by atoms with Gasteiger partial charge in [-0.3, -0.25) is 14.2 Å². The maximum Gasteiger partial charge on any atom is 0.307 e. The minimum atomic E-state index is -0.306. The number of ether oxygens (including phenoxy) is 2. The molecule has 0 radical (unpaired) electrons. The zero-order valence-electron chi connectivity index (χ0n) is 13.1. The Hall–Kier alpha value is -2.21. The molecule has 0 N–H and O–H groups in total. The second-order valence-electron chi connectivity index (χ2n) is 5.74. The van der Waals surface area contributed by atoms with Gasteiger partial charge < -0.3 is 9.47 Å². The van der Waals surface area contributed by atoms with Crippen LogP contribution in [-0.2, 0) is 20.8 Å². The van der Waals surface area contributed by atoms with E-state index in [-0.39, 0.29) is 36.7 Å². The number of aromatic nitrogens is 2. The summed E-state index contributed by atoms with van der Waals surface area (Å²) in [5.41, 5.74) is 0.518. The molecule has 0 bridgehead atoms. The molecule has 23 heavy (non-hydrogen) atoms. The van der Waals surface area contributed by atoms with Crippen molar-refractivity contribution in [2.75, 3.05) is 7.11 Å². The fraction of sp³-hybridized carbons (Fsp3) is 0.471. The molecule has 2 aromatic rings. The van der Waals surface area contributed by atoms with E-state index in [1.165, 1.54) is 10.9 Å². The third kappa shape index (κ3) is 3.42. The molecule has 0 spiro atoms. The highest BCUT2D eigenvalue weighted by molar-refractivity contribution is 5.77. The standard InChI is InChI=1S/C17H20N2O4/c1-22-14-7-4-8-15(14)23-16(20)9-10-19-11-18-13-6-3-2-5-12(13)17(19)21/h2-3,5-6,11,14-15H,4,7-10H2,1H3. The summed E-state index contributed by atoms with van der Waals surface area (Å²) in [7, 11) is 1.64. The highest BCUT2D eigenvalue weighted by Gasteiger charge is 2.30. The molecule has 2 unspecified atom stereocenters. The van der Waals surface area contributed by atoms with Crippen LogP contribution in [0.2, 0.25) is 0 Å². The van der Waals surface area contributed by atoms with Gasteiger partial charge in [-0.05, 0) is 31.4 Å². The van der Waals surface area contributed by atoms with Gasteiger partial charge in [-0.1, -0.05) is 12.1 Å². The number of benzene rings is 1. The number of fused-ring (bicyclic) bond motifs is 1. The summed E-state index contributed by atoms with van der Waals surface area (Å²) in [6.07, 6.45) is 4.20. The van der Waals surface area contributed by atoms with E-state index in [2.05, 4.69) is 4.98 Å². The van der Waals surface area contributed by atoms with Crippen molar-refractivity contribution in [3.05, 3.63) is 40.9 Å². The molecule has 3 rings (SSSR count). The van der Waals surface area contributed by atoms with Crippen LogP contribution < -0.4 is 5.56 Å². The molecule has 1 aliphatic rings. The van der Waals surface area contributed by atoms with Gasteiger partial charge in [0.05, 0.1) is 29.8 Å². The first kappa shape index (κ1) is 15.7. The van der Waals surface area contributed by atoms with Crippen molar-refractivity contribution >= 4 is 16.9 Å². The number of hydrogen-bond donors (Lipinski definition) is 0. The molecule has 6 nitrogen and oxygen atoms in total. The van der Waals surface area contributed by atoms with Crippen LogP contribution in [0.15, 0.2) is 35.4 Å². The minimum Gasteiger partial charge on any atom is -0.460 e. The monoisotopic (exact) mass is 316 g/mol. The average molecular weight is 316 g/mol. The summed E-state index contributed by atoms with van der Waals surface area (Å²) in [4.78, 5) is 28.6. The number of hydrogen-bond acceptors (Lipinski definition) is 5. The van der Waals surface area contributed by atoms with Gasteiger partial charge in [0.15, 0.2) is 0 Å². The summed E-state index contributed by atoms with van der Waals surface area (Å²) in [6, 6.07) is 7.17. The number of rotatable bonds is 5. The van der Waals surface area contributed by atoms with Crippen LogP contribution in [0.3, 0.4) is 0 Å². The van der Waals surface area contributed by atoms with Crippen LogP contribution in [0.5, 0.6) is 0 Å². The van der Waals surface area contributed by atoms with E-state index in [9.17, 15) is 9.59 Å². The van der Waals surface area contributed by atoms with Gasteiger partial charge in [-0.15, -0.1) is 0 Å².